The van der Waals surface area contributed by atoms with Crippen LogP contribution in [0.5, 0.6) is 0 Å². The Morgan fingerprint density at radius 2 is 2.21 bits per heavy atom. The summed E-state index contributed by atoms with van der Waals surface area (Å²) in [5.41, 5.74) is 3.73. The van der Waals surface area contributed by atoms with E-state index in [-0.39, 0.29) is 6.10 Å². The van der Waals surface area contributed by atoms with Gasteiger partial charge in [-0.05, 0) is 49.0 Å². The summed E-state index contributed by atoms with van der Waals surface area (Å²) in [5, 5.41) is 9.47. The minimum Gasteiger partial charge on any atom is -0.389 e. The summed E-state index contributed by atoms with van der Waals surface area (Å²) < 4.78 is 0. The van der Waals surface area contributed by atoms with Crippen molar-refractivity contribution in [3.05, 3.63) is 41.5 Å². The van der Waals surface area contributed by atoms with Crippen LogP contribution in [0.1, 0.15) is 43.4 Å². The lowest BCUT2D eigenvalue weighted by molar-refractivity contribution is 0.199. The zero-order valence-corrected chi connectivity index (χ0v) is 8.53. The summed E-state index contributed by atoms with van der Waals surface area (Å²) in [6.45, 7) is 1.81. The van der Waals surface area contributed by atoms with Crippen LogP contribution in [0.2, 0.25) is 0 Å². The van der Waals surface area contributed by atoms with Gasteiger partial charge < -0.3 is 5.11 Å². The molecule has 0 spiro atoms. The molecule has 0 aromatic heterocycles. The molecule has 1 aliphatic carbocycles. The van der Waals surface area contributed by atoms with Crippen LogP contribution in [0.15, 0.2) is 30.3 Å². The lowest BCUT2D eigenvalue weighted by atomic mass is 10.0. The second-order valence-electron chi connectivity index (χ2n) is 3.92. The van der Waals surface area contributed by atoms with E-state index in [9.17, 15) is 5.11 Å². The van der Waals surface area contributed by atoms with Crippen molar-refractivity contribution in [3.63, 3.8) is 0 Å². The van der Waals surface area contributed by atoms with Gasteiger partial charge in [0.25, 0.3) is 0 Å². The molecule has 0 amide bonds. The molecule has 2 rings (SSSR count). The quantitative estimate of drug-likeness (QED) is 0.755. The van der Waals surface area contributed by atoms with Gasteiger partial charge >= 0.3 is 0 Å². The van der Waals surface area contributed by atoms with Crippen molar-refractivity contribution < 1.29 is 5.11 Å². The van der Waals surface area contributed by atoms with Gasteiger partial charge in [0.1, 0.15) is 0 Å². The minimum absolute atomic E-state index is 0.364. The van der Waals surface area contributed by atoms with Crippen molar-refractivity contribution in [1.29, 1.82) is 0 Å². The molecule has 0 saturated heterocycles. The van der Waals surface area contributed by atoms with Crippen molar-refractivity contribution in [2.45, 2.75) is 32.3 Å². The Balaban J connectivity index is 2.30. The Labute approximate surface area is 85.1 Å². The number of aliphatic hydroxyl groups is 1. The van der Waals surface area contributed by atoms with Crippen LogP contribution < -0.4 is 0 Å². The van der Waals surface area contributed by atoms with E-state index < -0.39 is 0 Å². The largest absolute Gasteiger partial charge is 0.389 e. The first-order valence-corrected chi connectivity index (χ1v) is 5.25. The molecule has 1 aromatic rings. The van der Waals surface area contributed by atoms with Gasteiger partial charge in [0.2, 0.25) is 0 Å². The third-order valence-corrected chi connectivity index (χ3v) is 2.78. The molecule has 1 N–H and O–H groups in total. The summed E-state index contributed by atoms with van der Waals surface area (Å²) in [7, 11) is 0. The van der Waals surface area contributed by atoms with E-state index in [1.165, 1.54) is 30.4 Å². The van der Waals surface area contributed by atoms with E-state index in [1.54, 1.807) is 0 Å². The van der Waals surface area contributed by atoms with Crippen LogP contribution in [-0.4, -0.2) is 5.11 Å². The Morgan fingerprint density at radius 1 is 1.36 bits per heavy atom. The number of aliphatic hydroxyl groups excluding tert-OH is 1. The predicted octanol–water partition coefficient (Wildman–Crippen LogP) is 3.31. The first-order valence-electron chi connectivity index (χ1n) is 5.25. The van der Waals surface area contributed by atoms with Crippen LogP contribution >= 0.6 is 0 Å². The number of hydrogen-bond acceptors (Lipinski definition) is 1. The summed E-state index contributed by atoms with van der Waals surface area (Å²) in [6.07, 6.45) is 5.60. The lowest BCUT2D eigenvalue weighted by Crippen LogP contribution is -1.92. The van der Waals surface area contributed by atoms with E-state index in [1.807, 2.05) is 19.1 Å². The van der Waals surface area contributed by atoms with E-state index in [0.717, 1.165) is 5.56 Å². The van der Waals surface area contributed by atoms with Crippen LogP contribution in [0, 0.1) is 0 Å². The maximum atomic E-state index is 9.47. The summed E-state index contributed by atoms with van der Waals surface area (Å²) >= 11 is 0. The molecule has 0 heterocycles. The average molecular weight is 188 g/mol. The maximum absolute atomic E-state index is 9.47. The molecule has 1 nitrogen and oxygen atoms in total. The average Bonchev–Trinajstić information content (AvgIpc) is 2.71. The molecule has 0 radical (unpaired) electrons. The smallest absolute Gasteiger partial charge is 0.0762 e. The van der Waals surface area contributed by atoms with Gasteiger partial charge in [-0.25, -0.2) is 0 Å². The third kappa shape index (κ3) is 1.88. The zero-order chi connectivity index (χ0) is 9.97. The highest BCUT2D eigenvalue weighted by Crippen LogP contribution is 2.28. The van der Waals surface area contributed by atoms with E-state index in [2.05, 4.69) is 18.2 Å². The molecule has 0 fully saturated rings. The molecule has 1 unspecified atom stereocenters. The monoisotopic (exact) mass is 188 g/mol. The highest BCUT2D eigenvalue weighted by molar-refractivity contribution is 5.67. The van der Waals surface area contributed by atoms with E-state index in [0.29, 0.717) is 0 Å². The molecule has 1 aromatic carbocycles. The van der Waals surface area contributed by atoms with Gasteiger partial charge in [-0.1, -0.05) is 24.3 Å². The van der Waals surface area contributed by atoms with Crippen molar-refractivity contribution in [1.82, 2.24) is 0 Å². The highest BCUT2D eigenvalue weighted by atomic mass is 16.3. The number of hydrogen-bond donors (Lipinski definition) is 1. The molecule has 0 aliphatic heterocycles. The SMILES string of the molecule is CC(O)c1cccc(C2=CCCC2)c1. The Hall–Kier alpha value is -1.08. The first-order chi connectivity index (χ1) is 6.77. The van der Waals surface area contributed by atoms with Gasteiger partial charge in [-0.2, -0.15) is 0 Å². The Kier molecular flexibility index (Phi) is 2.69. The van der Waals surface area contributed by atoms with Crippen LogP contribution in [0.4, 0.5) is 0 Å². The maximum Gasteiger partial charge on any atom is 0.0762 e. The van der Waals surface area contributed by atoms with E-state index >= 15 is 0 Å². The zero-order valence-electron chi connectivity index (χ0n) is 8.53. The molecular formula is C13H16O. The first kappa shape index (κ1) is 9.47. The molecular weight excluding hydrogens is 172 g/mol. The van der Waals surface area contributed by atoms with Crippen molar-refractivity contribution in [3.8, 4) is 0 Å². The fraction of sp³-hybridized carbons (Fsp3) is 0.385. The van der Waals surface area contributed by atoms with Crippen molar-refractivity contribution in [2.24, 2.45) is 0 Å². The highest BCUT2D eigenvalue weighted by Gasteiger charge is 2.08. The lowest BCUT2D eigenvalue weighted by Gasteiger charge is -2.08. The summed E-state index contributed by atoms with van der Waals surface area (Å²) in [5.74, 6) is 0. The van der Waals surface area contributed by atoms with Crippen LogP contribution in [0.3, 0.4) is 0 Å². The fourth-order valence-electron chi connectivity index (χ4n) is 1.93. The van der Waals surface area contributed by atoms with Crippen molar-refractivity contribution >= 4 is 5.57 Å². The normalized spacial score (nSPS) is 18.0. The molecule has 74 valence electrons. The second kappa shape index (κ2) is 3.97. The molecule has 0 bridgehead atoms. The van der Waals surface area contributed by atoms with Gasteiger partial charge in [-0.15, -0.1) is 0 Å². The van der Waals surface area contributed by atoms with Crippen molar-refractivity contribution in [2.75, 3.05) is 0 Å². The molecule has 1 aliphatic rings. The molecule has 1 heteroatoms. The molecule has 14 heavy (non-hydrogen) atoms. The Bertz CT molecular complexity index is 350. The van der Waals surface area contributed by atoms with Gasteiger partial charge in [-0.3, -0.25) is 0 Å². The minimum atomic E-state index is -0.364. The van der Waals surface area contributed by atoms with Gasteiger partial charge in [0.05, 0.1) is 6.10 Å². The van der Waals surface area contributed by atoms with Crippen LogP contribution in [-0.2, 0) is 0 Å². The van der Waals surface area contributed by atoms with Gasteiger partial charge in [0, 0.05) is 0 Å². The van der Waals surface area contributed by atoms with E-state index in [4.69, 9.17) is 0 Å². The molecule has 1 atom stereocenters. The predicted molar refractivity (Wildman–Crippen MR) is 58.9 cm³/mol. The fourth-order valence-corrected chi connectivity index (χ4v) is 1.93. The van der Waals surface area contributed by atoms with Gasteiger partial charge in [0.15, 0.2) is 0 Å². The number of allylic oxidation sites excluding steroid dienone is 2. The molecule has 0 saturated carbocycles. The second-order valence-corrected chi connectivity index (χ2v) is 3.92. The third-order valence-electron chi connectivity index (χ3n) is 2.78. The standard InChI is InChI=1S/C13H16O/c1-10(14)12-7-4-8-13(9-12)11-5-2-3-6-11/h4-5,7-10,14H,2-3,6H2,1H3. The number of rotatable bonds is 2. The Morgan fingerprint density at radius 3 is 2.86 bits per heavy atom. The summed E-state index contributed by atoms with van der Waals surface area (Å²) in [4.78, 5) is 0. The topological polar surface area (TPSA) is 20.2 Å². The van der Waals surface area contributed by atoms with Crippen LogP contribution in [0.25, 0.3) is 5.57 Å². The number of benzene rings is 1. The summed E-state index contributed by atoms with van der Waals surface area (Å²) in [6, 6.07) is 8.23.